The Bertz CT molecular complexity index is 179. The Morgan fingerprint density at radius 1 is 1.17 bits per heavy atom. The minimum atomic E-state index is 0.874. The zero-order valence-corrected chi connectivity index (χ0v) is 8.28. The van der Waals surface area contributed by atoms with E-state index in [9.17, 15) is 0 Å². The van der Waals surface area contributed by atoms with Gasteiger partial charge in [-0.3, -0.25) is 0 Å². The van der Waals surface area contributed by atoms with Gasteiger partial charge in [-0.1, -0.05) is 12.8 Å². The van der Waals surface area contributed by atoms with Crippen LogP contribution in [-0.4, -0.2) is 23.6 Å². The van der Waals surface area contributed by atoms with E-state index in [0.717, 1.165) is 23.9 Å². The first kappa shape index (κ1) is 7.69. The Labute approximate surface area is 78.7 Å². The number of hydrogen-bond donors (Lipinski definition) is 1. The Hall–Kier alpha value is 0.310. The highest BCUT2D eigenvalue weighted by atomic mass is 32.2. The summed E-state index contributed by atoms with van der Waals surface area (Å²) in [5.41, 5.74) is 0. The van der Waals surface area contributed by atoms with Gasteiger partial charge < -0.3 is 5.32 Å². The second-order valence-corrected chi connectivity index (χ2v) is 5.67. The third-order valence-corrected chi connectivity index (χ3v) is 4.95. The van der Waals surface area contributed by atoms with Crippen molar-refractivity contribution < 1.29 is 0 Å². The number of nitrogens with one attached hydrogen (secondary N) is 1. The van der Waals surface area contributed by atoms with Crippen molar-refractivity contribution in [2.24, 2.45) is 11.8 Å². The molecular weight excluding hydrogens is 166 g/mol. The molecule has 2 heteroatoms. The second kappa shape index (κ2) is 2.91. The zero-order chi connectivity index (χ0) is 7.97. The Morgan fingerprint density at radius 2 is 2.08 bits per heavy atom. The van der Waals surface area contributed by atoms with Crippen molar-refractivity contribution in [3.63, 3.8) is 0 Å². The zero-order valence-electron chi connectivity index (χ0n) is 7.46. The van der Waals surface area contributed by atoms with Crippen LogP contribution in [0.1, 0.15) is 25.7 Å². The average Bonchev–Trinajstić information content (AvgIpc) is 2.75. The number of rotatable bonds is 2. The van der Waals surface area contributed by atoms with E-state index in [-0.39, 0.29) is 0 Å². The van der Waals surface area contributed by atoms with Crippen LogP contribution in [0.3, 0.4) is 0 Å². The molecule has 68 valence electrons. The molecule has 0 radical (unpaired) electrons. The summed E-state index contributed by atoms with van der Waals surface area (Å²) < 4.78 is 0. The Kier molecular flexibility index (Phi) is 1.87. The van der Waals surface area contributed by atoms with Crippen LogP contribution in [0.15, 0.2) is 0 Å². The molecule has 0 spiro atoms. The smallest absolute Gasteiger partial charge is 0.0251 e. The molecule has 1 aliphatic heterocycles. The van der Waals surface area contributed by atoms with Gasteiger partial charge in [0.05, 0.1) is 0 Å². The third kappa shape index (κ3) is 1.29. The lowest BCUT2D eigenvalue weighted by Crippen LogP contribution is -2.47. The molecule has 2 aliphatic carbocycles. The van der Waals surface area contributed by atoms with Crippen LogP contribution >= 0.6 is 11.8 Å². The highest BCUT2D eigenvalue weighted by molar-refractivity contribution is 8.00. The fourth-order valence-corrected chi connectivity index (χ4v) is 3.42. The summed E-state index contributed by atoms with van der Waals surface area (Å²) in [6.07, 6.45) is 6.01. The normalized spacial score (nSPS) is 46.5. The van der Waals surface area contributed by atoms with Crippen LogP contribution in [0.5, 0.6) is 0 Å². The molecule has 1 unspecified atom stereocenters. The molecule has 1 nitrogen and oxygen atoms in total. The van der Waals surface area contributed by atoms with Crippen molar-refractivity contribution in [3.8, 4) is 0 Å². The monoisotopic (exact) mass is 183 g/mol. The van der Waals surface area contributed by atoms with Crippen LogP contribution in [0.2, 0.25) is 0 Å². The molecule has 2 saturated carbocycles. The van der Waals surface area contributed by atoms with E-state index in [2.05, 4.69) is 17.1 Å². The van der Waals surface area contributed by atoms with Crippen LogP contribution in [-0.2, 0) is 0 Å². The minimum absolute atomic E-state index is 0.874. The molecule has 1 N–H and O–H groups in total. The maximum absolute atomic E-state index is 3.83. The first-order valence-electron chi connectivity index (χ1n) is 5.27. The van der Waals surface area contributed by atoms with Gasteiger partial charge in [-0.15, -0.1) is 0 Å². The highest BCUT2D eigenvalue weighted by Gasteiger charge is 2.45. The van der Waals surface area contributed by atoms with Gasteiger partial charge >= 0.3 is 0 Å². The van der Waals surface area contributed by atoms with Crippen molar-refractivity contribution in [1.82, 2.24) is 5.32 Å². The van der Waals surface area contributed by atoms with E-state index in [4.69, 9.17) is 0 Å². The van der Waals surface area contributed by atoms with E-state index in [0.29, 0.717) is 0 Å². The van der Waals surface area contributed by atoms with Gasteiger partial charge in [-0.25, -0.2) is 0 Å². The summed E-state index contributed by atoms with van der Waals surface area (Å²) in [6, 6.07) is 1.79. The molecule has 1 saturated heterocycles. The maximum Gasteiger partial charge on any atom is 0.0251 e. The molecule has 3 aliphatic rings. The summed E-state index contributed by atoms with van der Waals surface area (Å²) in [5.74, 6) is 4.95. The topological polar surface area (TPSA) is 12.0 Å². The predicted octanol–water partition coefficient (Wildman–Crippen LogP) is 1.88. The molecule has 0 amide bonds. The highest BCUT2D eigenvalue weighted by Crippen LogP contribution is 2.49. The summed E-state index contributed by atoms with van der Waals surface area (Å²) >= 11 is 2.09. The lowest BCUT2D eigenvalue weighted by molar-refractivity contribution is 0.333. The molecular formula is C10H17NS. The van der Waals surface area contributed by atoms with E-state index in [1.165, 1.54) is 37.2 Å². The van der Waals surface area contributed by atoms with Crippen LogP contribution in [0.25, 0.3) is 0 Å². The third-order valence-electron chi connectivity index (χ3n) is 3.67. The van der Waals surface area contributed by atoms with Gasteiger partial charge in [-0.05, 0) is 24.7 Å². The molecule has 0 aromatic heterocycles. The number of thioether (sulfide) groups is 1. The summed E-state index contributed by atoms with van der Waals surface area (Å²) in [5, 5.41) is 3.83. The lowest BCUT2D eigenvalue weighted by Gasteiger charge is -2.33. The molecule has 0 bridgehead atoms. The van der Waals surface area contributed by atoms with Gasteiger partial charge in [0.1, 0.15) is 0 Å². The lowest BCUT2D eigenvalue weighted by atomic mass is 9.95. The molecule has 12 heavy (non-hydrogen) atoms. The van der Waals surface area contributed by atoms with Crippen LogP contribution in [0.4, 0.5) is 0 Å². The average molecular weight is 183 g/mol. The molecule has 0 aromatic carbocycles. The summed E-state index contributed by atoms with van der Waals surface area (Å²) in [4.78, 5) is 0. The second-order valence-electron chi connectivity index (χ2n) is 4.60. The molecule has 3 atom stereocenters. The fraction of sp³-hybridized carbons (Fsp3) is 1.00. The van der Waals surface area contributed by atoms with Crippen molar-refractivity contribution in [1.29, 1.82) is 0 Å². The van der Waals surface area contributed by atoms with E-state index in [1.807, 2.05) is 0 Å². The number of fused-ring (bicyclic) bond motifs is 1. The van der Waals surface area contributed by atoms with Crippen molar-refractivity contribution in [2.45, 2.75) is 37.8 Å². The van der Waals surface area contributed by atoms with E-state index < -0.39 is 0 Å². The molecule has 0 aromatic rings. The summed E-state index contributed by atoms with van der Waals surface area (Å²) in [7, 11) is 0. The van der Waals surface area contributed by atoms with Gasteiger partial charge in [0, 0.05) is 23.6 Å². The largest absolute Gasteiger partial charge is 0.309 e. The Balaban J connectivity index is 1.54. The van der Waals surface area contributed by atoms with Gasteiger partial charge in [0.15, 0.2) is 0 Å². The van der Waals surface area contributed by atoms with E-state index >= 15 is 0 Å². The molecule has 3 rings (SSSR count). The first-order chi connectivity index (χ1) is 5.93. The standard InChI is InChI=1S/C10H17NS/c1-2-7-4-9(7)10(3-1)11-8-5-12-6-8/h7-11H,1-6H2/t7-,9+,10?/m0/s1. The van der Waals surface area contributed by atoms with E-state index in [1.54, 1.807) is 0 Å². The Morgan fingerprint density at radius 3 is 2.83 bits per heavy atom. The van der Waals surface area contributed by atoms with Crippen molar-refractivity contribution >= 4 is 11.8 Å². The summed E-state index contributed by atoms with van der Waals surface area (Å²) in [6.45, 7) is 0. The minimum Gasteiger partial charge on any atom is -0.309 e. The van der Waals surface area contributed by atoms with Crippen molar-refractivity contribution in [2.75, 3.05) is 11.5 Å². The van der Waals surface area contributed by atoms with Gasteiger partial charge in [0.25, 0.3) is 0 Å². The van der Waals surface area contributed by atoms with Crippen LogP contribution in [0, 0.1) is 11.8 Å². The van der Waals surface area contributed by atoms with Crippen molar-refractivity contribution in [3.05, 3.63) is 0 Å². The fourth-order valence-electron chi connectivity index (χ4n) is 2.75. The van der Waals surface area contributed by atoms with Gasteiger partial charge in [-0.2, -0.15) is 11.8 Å². The SMILES string of the molecule is C1CC(NC2CSC2)[C@@H]2C[C@@H]2C1. The maximum atomic E-state index is 3.83. The predicted molar refractivity (Wildman–Crippen MR) is 53.5 cm³/mol. The molecule has 3 fully saturated rings. The first-order valence-corrected chi connectivity index (χ1v) is 6.43. The van der Waals surface area contributed by atoms with Gasteiger partial charge in [0.2, 0.25) is 0 Å². The quantitative estimate of drug-likeness (QED) is 0.701. The number of hydrogen-bond acceptors (Lipinski definition) is 2. The van der Waals surface area contributed by atoms with Crippen LogP contribution < -0.4 is 5.32 Å². The molecule has 1 heterocycles.